The van der Waals surface area contributed by atoms with Gasteiger partial charge in [-0.1, -0.05) is 44.2 Å². The summed E-state index contributed by atoms with van der Waals surface area (Å²) in [5.41, 5.74) is 17.1. The van der Waals surface area contributed by atoms with Crippen molar-refractivity contribution in [3.05, 3.63) is 35.9 Å². The third-order valence-electron chi connectivity index (χ3n) is 5.31. The van der Waals surface area contributed by atoms with Gasteiger partial charge < -0.3 is 38.3 Å². The lowest BCUT2D eigenvalue weighted by atomic mass is 10.0. The zero-order chi connectivity index (χ0) is 28.1. The SMILES string of the molecule is CC(C)CC(NC(=O)C(N)Cc1ccccc1)C(=O)NC(CCC(N)=O)C(=O)NC(CC(N)=O)C(=O)O. The van der Waals surface area contributed by atoms with Crippen LogP contribution in [0.5, 0.6) is 0 Å². The zero-order valence-electron chi connectivity index (χ0n) is 20.9. The maximum atomic E-state index is 13.1. The lowest BCUT2D eigenvalue weighted by Crippen LogP contribution is -2.57. The van der Waals surface area contributed by atoms with E-state index in [4.69, 9.17) is 17.2 Å². The monoisotopic (exact) mass is 520 g/mol. The molecule has 0 saturated carbocycles. The second-order valence-electron chi connectivity index (χ2n) is 9.12. The summed E-state index contributed by atoms with van der Waals surface area (Å²) >= 11 is 0. The third kappa shape index (κ3) is 12.0. The molecule has 37 heavy (non-hydrogen) atoms. The van der Waals surface area contributed by atoms with E-state index in [0.717, 1.165) is 5.56 Å². The molecule has 10 N–H and O–H groups in total. The first-order valence-electron chi connectivity index (χ1n) is 11.8. The number of benzene rings is 1. The normalized spacial score (nSPS) is 14.1. The number of aliphatic carboxylic acids is 1. The van der Waals surface area contributed by atoms with E-state index in [1.165, 1.54) is 0 Å². The Kier molecular flexibility index (Phi) is 12.7. The number of carbonyl (C=O) groups is 6. The average Bonchev–Trinajstić information content (AvgIpc) is 2.80. The fourth-order valence-corrected chi connectivity index (χ4v) is 3.44. The number of nitrogens with two attached hydrogens (primary N) is 3. The van der Waals surface area contributed by atoms with Crippen LogP contribution in [-0.4, -0.2) is 64.8 Å². The van der Waals surface area contributed by atoms with Gasteiger partial charge in [-0.05, 0) is 30.7 Å². The minimum Gasteiger partial charge on any atom is -0.480 e. The molecule has 1 aromatic rings. The van der Waals surface area contributed by atoms with Crippen LogP contribution in [-0.2, 0) is 35.2 Å². The molecule has 0 aliphatic carbocycles. The molecule has 0 saturated heterocycles. The van der Waals surface area contributed by atoms with Gasteiger partial charge in [-0.15, -0.1) is 0 Å². The van der Waals surface area contributed by atoms with E-state index in [1.807, 2.05) is 44.2 Å². The zero-order valence-corrected chi connectivity index (χ0v) is 20.9. The number of nitrogens with one attached hydrogen (secondary N) is 3. The van der Waals surface area contributed by atoms with Crippen LogP contribution < -0.4 is 33.2 Å². The molecule has 13 heteroatoms. The van der Waals surface area contributed by atoms with Gasteiger partial charge in [0.15, 0.2) is 0 Å². The van der Waals surface area contributed by atoms with Crippen molar-refractivity contribution in [2.24, 2.45) is 23.1 Å². The smallest absolute Gasteiger partial charge is 0.326 e. The Labute approximate surface area is 214 Å². The summed E-state index contributed by atoms with van der Waals surface area (Å²) in [6.07, 6.45) is -0.772. The Bertz CT molecular complexity index is 970. The Morgan fingerprint density at radius 1 is 0.811 bits per heavy atom. The number of amides is 5. The summed E-state index contributed by atoms with van der Waals surface area (Å²) in [6.45, 7) is 3.66. The van der Waals surface area contributed by atoms with Crippen molar-refractivity contribution in [2.75, 3.05) is 0 Å². The first-order chi connectivity index (χ1) is 17.3. The van der Waals surface area contributed by atoms with Gasteiger partial charge in [0.2, 0.25) is 29.5 Å². The highest BCUT2D eigenvalue weighted by Crippen LogP contribution is 2.09. The molecule has 0 heterocycles. The summed E-state index contributed by atoms with van der Waals surface area (Å²) in [6, 6.07) is 4.05. The molecule has 0 aliphatic heterocycles. The summed E-state index contributed by atoms with van der Waals surface area (Å²) in [5, 5.41) is 16.4. The lowest BCUT2D eigenvalue weighted by molar-refractivity contribution is -0.144. The van der Waals surface area contributed by atoms with E-state index in [1.54, 1.807) is 0 Å². The lowest BCUT2D eigenvalue weighted by Gasteiger charge is -2.26. The minimum absolute atomic E-state index is 0.0359. The van der Waals surface area contributed by atoms with Crippen LogP contribution in [0.1, 0.15) is 45.1 Å². The molecule has 13 nitrogen and oxygen atoms in total. The minimum atomic E-state index is -1.64. The molecule has 0 radical (unpaired) electrons. The Morgan fingerprint density at radius 2 is 1.35 bits per heavy atom. The summed E-state index contributed by atoms with van der Waals surface area (Å²) < 4.78 is 0. The number of rotatable bonds is 16. The molecule has 0 bridgehead atoms. The van der Waals surface area contributed by atoms with Crippen molar-refractivity contribution in [3.63, 3.8) is 0 Å². The molecule has 0 spiro atoms. The van der Waals surface area contributed by atoms with Crippen LogP contribution >= 0.6 is 0 Å². The fraction of sp³-hybridized carbons (Fsp3) is 0.500. The first-order valence-corrected chi connectivity index (χ1v) is 11.8. The van der Waals surface area contributed by atoms with Gasteiger partial charge in [-0.3, -0.25) is 24.0 Å². The molecular formula is C24H36N6O7. The highest BCUT2D eigenvalue weighted by molar-refractivity contribution is 5.95. The Balaban J connectivity index is 3.00. The van der Waals surface area contributed by atoms with Crippen LogP contribution in [0.4, 0.5) is 0 Å². The van der Waals surface area contributed by atoms with Gasteiger partial charge in [0.1, 0.15) is 18.1 Å². The first kappa shape index (κ1) is 31.0. The predicted molar refractivity (Wildman–Crippen MR) is 133 cm³/mol. The molecule has 204 valence electrons. The van der Waals surface area contributed by atoms with E-state index in [9.17, 15) is 33.9 Å². The van der Waals surface area contributed by atoms with E-state index in [-0.39, 0.29) is 31.6 Å². The maximum absolute atomic E-state index is 13.1. The van der Waals surface area contributed by atoms with Crippen molar-refractivity contribution >= 4 is 35.5 Å². The molecule has 1 rings (SSSR count). The van der Waals surface area contributed by atoms with Gasteiger partial charge in [-0.25, -0.2) is 4.79 Å². The van der Waals surface area contributed by atoms with Crippen molar-refractivity contribution in [3.8, 4) is 0 Å². The number of carboxylic acids is 1. The van der Waals surface area contributed by atoms with E-state index >= 15 is 0 Å². The van der Waals surface area contributed by atoms with Crippen LogP contribution in [0.25, 0.3) is 0 Å². The number of carboxylic acid groups (broad SMARTS) is 1. The van der Waals surface area contributed by atoms with Gasteiger partial charge in [0, 0.05) is 6.42 Å². The average molecular weight is 521 g/mol. The Hall–Kier alpha value is -4.00. The fourth-order valence-electron chi connectivity index (χ4n) is 3.44. The number of carbonyl (C=O) groups excluding carboxylic acids is 5. The number of primary amides is 2. The summed E-state index contributed by atoms with van der Waals surface area (Å²) in [5.74, 6) is -5.53. The van der Waals surface area contributed by atoms with E-state index < -0.39 is 66.1 Å². The number of hydrogen-bond donors (Lipinski definition) is 7. The van der Waals surface area contributed by atoms with Gasteiger partial charge in [0.25, 0.3) is 0 Å². The molecule has 5 amide bonds. The standard InChI is InChI=1S/C24H36N6O7/c1-13(2)10-17(29-21(33)15(25)11-14-6-4-3-5-7-14)23(35)28-16(8-9-19(26)31)22(34)30-18(24(36)37)12-20(27)32/h3-7,13,15-18H,8-12,25H2,1-2H3,(H2,26,31)(H2,27,32)(H,28,35)(H,29,33)(H,30,34)(H,36,37). The van der Waals surface area contributed by atoms with Crippen molar-refractivity contribution in [1.29, 1.82) is 0 Å². The van der Waals surface area contributed by atoms with E-state index in [2.05, 4.69) is 16.0 Å². The van der Waals surface area contributed by atoms with Gasteiger partial charge in [-0.2, -0.15) is 0 Å². The van der Waals surface area contributed by atoms with Crippen LogP contribution in [0.3, 0.4) is 0 Å². The molecule has 0 aromatic heterocycles. The molecule has 4 unspecified atom stereocenters. The molecular weight excluding hydrogens is 484 g/mol. The maximum Gasteiger partial charge on any atom is 0.326 e. The van der Waals surface area contributed by atoms with Crippen molar-refractivity contribution < 1.29 is 33.9 Å². The molecule has 0 fully saturated rings. The summed E-state index contributed by atoms with van der Waals surface area (Å²) in [7, 11) is 0. The highest BCUT2D eigenvalue weighted by atomic mass is 16.4. The van der Waals surface area contributed by atoms with Crippen molar-refractivity contribution in [1.82, 2.24) is 16.0 Å². The molecule has 1 aromatic carbocycles. The summed E-state index contributed by atoms with van der Waals surface area (Å²) in [4.78, 5) is 72.4. The van der Waals surface area contributed by atoms with Crippen molar-refractivity contribution in [2.45, 2.75) is 70.1 Å². The van der Waals surface area contributed by atoms with Gasteiger partial charge in [0.05, 0.1) is 12.5 Å². The predicted octanol–water partition coefficient (Wildman–Crippen LogP) is -1.72. The molecule has 4 atom stereocenters. The topological polar surface area (TPSA) is 237 Å². The van der Waals surface area contributed by atoms with Gasteiger partial charge >= 0.3 is 5.97 Å². The number of hydrogen-bond acceptors (Lipinski definition) is 7. The highest BCUT2D eigenvalue weighted by Gasteiger charge is 2.31. The van der Waals surface area contributed by atoms with Crippen LogP contribution in [0, 0.1) is 5.92 Å². The molecule has 0 aliphatic rings. The Morgan fingerprint density at radius 3 is 1.86 bits per heavy atom. The van der Waals surface area contributed by atoms with E-state index in [0.29, 0.717) is 0 Å². The largest absolute Gasteiger partial charge is 0.480 e. The van der Waals surface area contributed by atoms with Crippen LogP contribution in [0.2, 0.25) is 0 Å². The van der Waals surface area contributed by atoms with Crippen LogP contribution in [0.15, 0.2) is 30.3 Å². The second-order valence-corrected chi connectivity index (χ2v) is 9.12. The third-order valence-corrected chi connectivity index (χ3v) is 5.31. The quantitative estimate of drug-likeness (QED) is 0.132. The second kappa shape index (κ2) is 15.2.